The van der Waals surface area contributed by atoms with Crippen LogP contribution in [0.5, 0.6) is 0 Å². The molecule has 0 N–H and O–H groups in total. The van der Waals surface area contributed by atoms with Gasteiger partial charge in [-0.3, -0.25) is 9.78 Å². The van der Waals surface area contributed by atoms with Crippen molar-refractivity contribution >= 4 is 5.78 Å². The first kappa shape index (κ1) is 8.42. The van der Waals surface area contributed by atoms with E-state index in [2.05, 4.69) is 18.8 Å². The number of carbonyl (C=O) groups excluding carboxylic acids is 1. The Bertz CT molecular complexity index is 355. The lowest BCUT2D eigenvalue weighted by Crippen LogP contribution is -1.99. The molecule has 0 aliphatic heterocycles. The minimum absolute atomic E-state index is 0.206. The molecule has 0 spiro atoms. The van der Waals surface area contributed by atoms with Crippen LogP contribution in [0, 0.1) is 0 Å². The van der Waals surface area contributed by atoms with Gasteiger partial charge in [-0.1, -0.05) is 13.8 Å². The van der Waals surface area contributed by atoms with Crippen molar-refractivity contribution in [3.05, 3.63) is 29.1 Å². The summed E-state index contributed by atoms with van der Waals surface area (Å²) < 4.78 is 0. The Labute approximate surface area is 78.0 Å². The van der Waals surface area contributed by atoms with Crippen LogP contribution in [0.1, 0.15) is 47.8 Å². The van der Waals surface area contributed by atoms with Gasteiger partial charge in [0.25, 0.3) is 0 Å². The lowest BCUT2D eigenvalue weighted by molar-refractivity contribution is 0.0990. The number of fused-ring (bicyclic) bond motifs is 1. The van der Waals surface area contributed by atoms with Gasteiger partial charge in [0.1, 0.15) is 5.69 Å². The molecule has 0 atom stereocenters. The van der Waals surface area contributed by atoms with Crippen LogP contribution in [0.3, 0.4) is 0 Å². The summed E-state index contributed by atoms with van der Waals surface area (Å²) in [6.07, 6.45) is 3.28. The van der Waals surface area contributed by atoms with Crippen LogP contribution in [-0.4, -0.2) is 10.8 Å². The number of ketones is 1. The van der Waals surface area contributed by atoms with Crippen molar-refractivity contribution in [1.29, 1.82) is 0 Å². The van der Waals surface area contributed by atoms with Gasteiger partial charge in [0.15, 0.2) is 5.78 Å². The highest BCUT2D eigenvalue weighted by atomic mass is 16.1. The fourth-order valence-electron chi connectivity index (χ4n) is 1.91. The van der Waals surface area contributed by atoms with Crippen molar-refractivity contribution in [2.24, 2.45) is 0 Å². The maximum Gasteiger partial charge on any atom is 0.181 e. The summed E-state index contributed by atoms with van der Waals surface area (Å²) >= 11 is 0. The van der Waals surface area contributed by atoms with Crippen LogP contribution in [-0.2, 0) is 6.42 Å². The summed E-state index contributed by atoms with van der Waals surface area (Å²) in [5.74, 6) is 0.695. The topological polar surface area (TPSA) is 30.0 Å². The van der Waals surface area contributed by atoms with Crippen molar-refractivity contribution in [1.82, 2.24) is 4.98 Å². The second-order valence-corrected chi connectivity index (χ2v) is 3.81. The molecule has 0 fully saturated rings. The molecule has 0 radical (unpaired) electrons. The molecule has 0 bridgehead atoms. The predicted molar refractivity (Wildman–Crippen MR) is 51.0 cm³/mol. The van der Waals surface area contributed by atoms with E-state index >= 15 is 0 Å². The number of carbonyl (C=O) groups is 1. The van der Waals surface area contributed by atoms with Crippen molar-refractivity contribution in [2.45, 2.75) is 32.6 Å². The third kappa shape index (κ3) is 1.26. The van der Waals surface area contributed by atoms with E-state index in [1.165, 1.54) is 11.1 Å². The van der Waals surface area contributed by atoms with Crippen LogP contribution < -0.4 is 0 Å². The molecule has 1 aromatic heterocycles. The molecule has 68 valence electrons. The SMILES string of the molecule is CC(C)c1ccnc2c1CCC2=O. The maximum atomic E-state index is 11.4. The Morgan fingerprint density at radius 3 is 2.85 bits per heavy atom. The molecule has 2 rings (SSSR count). The summed E-state index contributed by atoms with van der Waals surface area (Å²) in [6.45, 7) is 4.30. The molecule has 2 nitrogen and oxygen atoms in total. The largest absolute Gasteiger partial charge is 0.292 e. The van der Waals surface area contributed by atoms with Crippen molar-refractivity contribution in [3.63, 3.8) is 0 Å². The Balaban J connectivity index is 2.57. The van der Waals surface area contributed by atoms with Crippen molar-refractivity contribution in [3.8, 4) is 0 Å². The molecule has 1 heterocycles. The number of pyridine rings is 1. The average Bonchev–Trinajstić information content (AvgIpc) is 2.48. The predicted octanol–water partition coefficient (Wildman–Crippen LogP) is 2.33. The summed E-state index contributed by atoms with van der Waals surface area (Å²) in [5.41, 5.74) is 3.18. The standard InChI is InChI=1S/C11H13NO/c1-7(2)8-5-6-12-11-9(8)3-4-10(11)13/h5-7H,3-4H2,1-2H3. The number of hydrogen-bond acceptors (Lipinski definition) is 2. The van der Waals surface area contributed by atoms with Gasteiger partial charge in [-0.15, -0.1) is 0 Å². The van der Waals surface area contributed by atoms with E-state index in [0.717, 1.165) is 6.42 Å². The van der Waals surface area contributed by atoms with Crippen molar-refractivity contribution < 1.29 is 4.79 Å². The zero-order valence-electron chi connectivity index (χ0n) is 8.00. The van der Waals surface area contributed by atoms with E-state index < -0.39 is 0 Å². The summed E-state index contributed by atoms with van der Waals surface area (Å²) in [7, 11) is 0. The van der Waals surface area contributed by atoms with E-state index in [1.807, 2.05) is 6.07 Å². The first-order valence-corrected chi connectivity index (χ1v) is 4.71. The summed E-state index contributed by atoms with van der Waals surface area (Å²) in [5, 5.41) is 0. The number of aromatic nitrogens is 1. The number of rotatable bonds is 1. The van der Waals surface area contributed by atoms with Crippen LogP contribution in [0.2, 0.25) is 0 Å². The zero-order valence-corrected chi connectivity index (χ0v) is 8.00. The Morgan fingerprint density at radius 2 is 2.15 bits per heavy atom. The third-order valence-corrected chi connectivity index (χ3v) is 2.58. The van der Waals surface area contributed by atoms with Gasteiger partial charge in [0.05, 0.1) is 0 Å². The first-order chi connectivity index (χ1) is 6.20. The highest BCUT2D eigenvalue weighted by molar-refractivity contribution is 5.98. The van der Waals surface area contributed by atoms with E-state index in [1.54, 1.807) is 6.20 Å². The minimum Gasteiger partial charge on any atom is -0.292 e. The van der Waals surface area contributed by atoms with Gasteiger partial charge in [0.2, 0.25) is 0 Å². The lowest BCUT2D eigenvalue weighted by atomic mass is 9.98. The molecule has 2 heteroatoms. The quantitative estimate of drug-likeness (QED) is 0.655. The Morgan fingerprint density at radius 1 is 1.38 bits per heavy atom. The number of hydrogen-bond donors (Lipinski definition) is 0. The highest BCUT2D eigenvalue weighted by Crippen LogP contribution is 2.27. The maximum absolute atomic E-state index is 11.4. The van der Waals surface area contributed by atoms with Gasteiger partial charge in [-0.2, -0.15) is 0 Å². The lowest BCUT2D eigenvalue weighted by Gasteiger charge is -2.09. The smallest absolute Gasteiger partial charge is 0.181 e. The molecule has 13 heavy (non-hydrogen) atoms. The fraction of sp³-hybridized carbons (Fsp3) is 0.455. The highest BCUT2D eigenvalue weighted by Gasteiger charge is 2.23. The fourth-order valence-corrected chi connectivity index (χ4v) is 1.91. The third-order valence-electron chi connectivity index (χ3n) is 2.58. The van der Waals surface area contributed by atoms with Gasteiger partial charge >= 0.3 is 0 Å². The number of Topliss-reactive ketones (excluding diaryl/α,β-unsaturated/α-hetero) is 1. The normalized spacial score (nSPS) is 15.2. The molecule has 0 saturated heterocycles. The van der Waals surface area contributed by atoms with Crippen LogP contribution in [0.15, 0.2) is 12.3 Å². The molecule has 1 aliphatic rings. The van der Waals surface area contributed by atoms with E-state index in [0.29, 0.717) is 18.0 Å². The van der Waals surface area contributed by atoms with Crippen LogP contribution in [0.4, 0.5) is 0 Å². The van der Waals surface area contributed by atoms with E-state index in [-0.39, 0.29) is 5.78 Å². The second kappa shape index (κ2) is 2.95. The van der Waals surface area contributed by atoms with Gasteiger partial charge in [-0.05, 0) is 29.5 Å². The zero-order chi connectivity index (χ0) is 9.42. The van der Waals surface area contributed by atoms with Crippen molar-refractivity contribution in [2.75, 3.05) is 0 Å². The van der Waals surface area contributed by atoms with Gasteiger partial charge in [0, 0.05) is 12.6 Å². The summed E-state index contributed by atoms with van der Waals surface area (Å²) in [4.78, 5) is 15.5. The van der Waals surface area contributed by atoms with Gasteiger partial charge < -0.3 is 0 Å². The monoisotopic (exact) mass is 175 g/mol. The Kier molecular flexibility index (Phi) is 1.91. The average molecular weight is 175 g/mol. The molecule has 0 aromatic carbocycles. The molecule has 0 amide bonds. The van der Waals surface area contributed by atoms with Crippen LogP contribution >= 0.6 is 0 Å². The van der Waals surface area contributed by atoms with Crippen LogP contribution in [0.25, 0.3) is 0 Å². The molecule has 0 unspecified atom stereocenters. The van der Waals surface area contributed by atoms with Gasteiger partial charge in [-0.25, -0.2) is 0 Å². The minimum atomic E-state index is 0.206. The molecule has 1 aromatic rings. The Hall–Kier alpha value is -1.18. The molecule has 1 aliphatic carbocycles. The molecular formula is C11H13NO. The van der Waals surface area contributed by atoms with E-state index in [4.69, 9.17) is 0 Å². The molecular weight excluding hydrogens is 162 g/mol. The summed E-state index contributed by atoms with van der Waals surface area (Å²) in [6, 6.07) is 2.03. The van der Waals surface area contributed by atoms with E-state index in [9.17, 15) is 4.79 Å². The second-order valence-electron chi connectivity index (χ2n) is 3.81. The molecule has 0 saturated carbocycles. The number of nitrogens with zero attached hydrogens (tertiary/aromatic N) is 1. The first-order valence-electron chi connectivity index (χ1n) is 4.71.